The number of aromatic nitrogens is 3. The molecule has 0 saturated heterocycles. The average Bonchev–Trinajstić information content (AvgIpc) is 3.09. The second kappa shape index (κ2) is 7.20. The van der Waals surface area contributed by atoms with Gasteiger partial charge in [-0.1, -0.05) is 18.2 Å². The highest BCUT2D eigenvalue weighted by atomic mass is 19.1. The molecule has 0 aliphatic heterocycles. The van der Waals surface area contributed by atoms with Gasteiger partial charge in [0.05, 0.1) is 25.1 Å². The van der Waals surface area contributed by atoms with Crippen LogP contribution in [0, 0.1) is 5.82 Å². The monoisotopic (exact) mass is 329 g/mol. The van der Waals surface area contributed by atoms with Crippen molar-refractivity contribution < 1.29 is 19.3 Å². The molecule has 2 aromatic carbocycles. The second-order valence-electron chi connectivity index (χ2n) is 5.12. The molecule has 0 saturated carbocycles. The molecule has 0 radical (unpaired) electrons. The van der Waals surface area contributed by atoms with Crippen molar-refractivity contribution in [1.29, 1.82) is 0 Å². The molecule has 1 aromatic heterocycles. The summed E-state index contributed by atoms with van der Waals surface area (Å²) in [5.74, 6) is -0.277. The van der Waals surface area contributed by atoms with Crippen LogP contribution in [0.15, 0.2) is 48.7 Å². The zero-order valence-electron chi connectivity index (χ0n) is 12.8. The Labute approximate surface area is 137 Å². The van der Waals surface area contributed by atoms with Crippen molar-refractivity contribution >= 4 is 0 Å². The number of hydrogen-bond donors (Lipinski definition) is 2. The number of nitrogens with zero attached hydrogens (tertiary/aromatic N) is 3. The molecule has 3 rings (SSSR count). The van der Waals surface area contributed by atoms with Gasteiger partial charge in [-0.3, -0.25) is 0 Å². The highest BCUT2D eigenvalue weighted by molar-refractivity contribution is 5.41. The summed E-state index contributed by atoms with van der Waals surface area (Å²) in [7, 11) is 0. The third-order valence-electron chi connectivity index (χ3n) is 3.44. The van der Waals surface area contributed by atoms with E-state index < -0.39 is 19.0 Å². The third kappa shape index (κ3) is 3.42. The van der Waals surface area contributed by atoms with Gasteiger partial charge in [0.25, 0.3) is 0 Å². The van der Waals surface area contributed by atoms with E-state index in [-0.39, 0.29) is 23.5 Å². The quantitative estimate of drug-likeness (QED) is 0.723. The maximum atomic E-state index is 13.4. The predicted molar refractivity (Wildman–Crippen MR) is 83.9 cm³/mol. The lowest BCUT2D eigenvalue weighted by Gasteiger charge is -2.13. The van der Waals surface area contributed by atoms with Crippen LogP contribution in [0.4, 0.5) is 4.39 Å². The largest absolute Gasteiger partial charge is 0.486 e. The molecule has 0 bridgehead atoms. The normalized spacial score (nSPS) is 10.8. The van der Waals surface area contributed by atoms with Gasteiger partial charge >= 0.3 is 0 Å². The summed E-state index contributed by atoms with van der Waals surface area (Å²) in [6, 6.07) is 11.8. The molecule has 0 fully saturated rings. The van der Waals surface area contributed by atoms with E-state index in [2.05, 4.69) is 10.2 Å². The summed E-state index contributed by atoms with van der Waals surface area (Å²) in [5.41, 5.74) is 1.93. The van der Waals surface area contributed by atoms with Crippen molar-refractivity contribution in [1.82, 2.24) is 15.0 Å². The maximum absolute atomic E-state index is 13.4. The Morgan fingerprint density at radius 1 is 1.04 bits per heavy atom. The fourth-order valence-electron chi connectivity index (χ4n) is 2.32. The summed E-state index contributed by atoms with van der Waals surface area (Å²) in [5, 5.41) is 27.2. The van der Waals surface area contributed by atoms with Gasteiger partial charge in [-0.05, 0) is 24.3 Å². The minimum Gasteiger partial charge on any atom is -0.486 e. The summed E-state index contributed by atoms with van der Waals surface area (Å²) in [4.78, 5) is 1.48. The Balaban J connectivity index is 1.78. The van der Waals surface area contributed by atoms with Crippen molar-refractivity contribution in [2.75, 3.05) is 0 Å². The molecule has 7 heteroatoms. The van der Waals surface area contributed by atoms with E-state index in [0.29, 0.717) is 5.69 Å². The van der Waals surface area contributed by atoms with Crippen LogP contribution in [0.2, 0.25) is 0 Å². The van der Waals surface area contributed by atoms with Crippen LogP contribution in [0.5, 0.6) is 5.75 Å². The fraction of sp³-hybridized carbons (Fsp3) is 0.176. The van der Waals surface area contributed by atoms with Crippen LogP contribution in [0.25, 0.3) is 5.69 Å². The molecule has 0 unspecified atom stereocenters. The van der Waals surface area contributed by atoms with Crippen LogP contribution in [-0.2, 0) is 19.8 Å². The number of aliphatic hydroxyl groups excluding tert-OH is 2. The number of hydrogen-bond acceptors (Lipinski definition) is 5. The van der Waals surface area contributed by atoms with Crippen molar-refractivity contribution in [3.63, 3.8) is 0 Å². The first-order valence-corrected chi connectivity index (χ1v) is 7.33. The van der Waals surface area contributed by atoms with E-state index in [4.69, 9.17) is 4.74 Å². The summed E-state index contributed by atoms with van der Waals surface area (Å²) < 4.78 is 19.1. The van der Waals surface area contributed by atoms with Gasteiger partial charge in [-0.15, -0.1) is 5.10 Å². The molecule has 0 aliphatic carbocycles. The van der Waals surface area contributed by atoms with Crippen LogP contribution >= 0.6 is 0 Å². The fourth-order valence-corrected chi connectivity index (χ4v) is 2.32. The lowest BCUT2D eigenvalue weighted by atomic mass is 10.1. The minimum absolute atomic E-state index is 0.0818. The molecule has 24 heavy (non-hydrogen) atoms. The lowest BCUT2D eigenvalue weighted by Crippen LogP contribution is -2.05. The Hall–Kier alpha value is -2.77. The molecule has 2 N–H and O–H groups in total. The van der Waals surface area contributed by atoms with Crippen molar-refractivity contribution in [2.45, 2.75) is 19.8 Å². The van der Waals surface area contributed by atoms with Crippen LogP contribution in [-0.4, -0.2) is 25.2 Å². The first-order chi connectivity index (χ1) is 11.7. The number of aliphatic hydroxyl groups is 2. The Bertz CT molecular complexity index is 796. The highest BCUT2D eigenvalue weighted by Crippen LogP contribution is 2.27. The molecular formula is C17H16FN3O3. The molecule has 0 atom stereocenters. The molecule has 3 aromatic rings. The SMILES string of the molecule is OCc1cc(F)cc(CO)c1OCc1cnn(-c2ccccc2)n1. The van der Waals surface area contributed by atoms with Gasteiger partial charge in [0.2, 0.25) is 0 Å². The molecule has 6 nitrogen and oxygen atoms in total. The van der Waals surface area contributed by atoms with Crippen molar-refractivity contribution in [3.05, 3.63) is 71.3 Å². The van der Waals surface area contributed by atoms with Gasteiger partial charge in [0.1, 0.15) is 23.9 Å². The van der Waals surface area contributed by atoms with Gasteiger partial charge in [-0.25, -0.2) is 4.39 Å². The number of para-hydroxylation sites is 1. The zero-order valence-corrected chi connectivity index (χ0v) is 12.8. The number of rotatable bonds is 6. The molecule has 124 valence electrons. The van der Waals surface area contributed by atoms with Gasteiger partial charge in [0.15, 0.2) is 0 Å². The molecule has 0 amide bonds. The van der Waals surface area contributed by atoms with E-state index in [9.17, 15) is 14.6 Å². The lowest BCUT2D eigenvalue weighted by molar-refractivity contribution is 0.239. The molecule has 0 spiro atoms. The predicted octanol–water partition coefficient (Wildman–Crippen LogP) is 1.97. The van der Waals surface area contributed by atoms with Crippen molar-refractivity contribution in [2.24, 2.45) is 0 Å². The molecular weight excluding hydrogens is 313 g/mol. The Morgan fingerprint density at radius 2 is 1.71 bits per heavy atom. The van der Waals surface area contributed by atoms with Crippen molar-refractivity contribution in [3.8, 4) is 11.4 Å². The van der Waals surface area contributed by atoms with E-state index in [1.165, 1.54) is 16.9 Å². The smallest absolute Gasteiger partial charge is 0.134 e. The Kier molecular flexibility index (Phi) is 4.83. The van der Waals surface area contributed by atoms with Gasteiger partial charge < -0.3 is 14.9 Å². The molecule has 1 heterocycles. The first kappa shape index (κ1) is 16.1. The first-order valence-electron chi connectivity index (χ1n) is 7.33. The number of benzene rings is 2. The minimum atomic E-state index is -0.537. The maximum Gasteiger partial charge on any atom is 0.134 e. The molecule has 0 aliphatic rings. The van der Waals surface area contributed by atoms with Crippen LogP contribution in [0.1, 0.15) is 16.8 Å². The summed E-state index contributed by atoms with van der Waals surface area (Å²) in [6.45, 7) is -0.702. The van der Waals surface area contributed by atoms with Crippen LogP contribution < -0.4 is 4.74 Å². The topological polar surface area (TPSA) is 80.4 Å². The zero-order chi connectivity index (χ0) is 16.9. The van der Waals surface area contributed by atoms with E-state index in [0.717, 1.165) is 5.69 Å². The highest BCUT2D eigenvalue weighted by Gasteiger charge is 2.13. The van der Waals surface area contributed by atoms with E-state index >= 15 is 0 Å². The van der Waals surface area contributed by atoms with E-state index in [1.807, 2.05) is 30.3 Å². The standard InChI is InChI=1S/C17H16FN3O3/c18-14-6-12(9-22)17(13(7-14)10-23)24-11-15-8-19-21(20-15)16-4-2-1-3-5-16/h1-8,22-23H,9-11H2. The summed E-state index contributed by atoms with van der Waals surface area (Å²) >= 11 is 0. The Morgan fingerprint density at radius 3 is 2.33 bits per heavy atom. The van der Waals surface area contributed by atoms with Gasteiger partial charge in [0, 0.05) is 11.1 Å². The number of ether oxygens (including phenoxy) is 1. The van der Waals surface area contributed by atoms with Crippen LogP contribution in [0.3, 0.4) is 0 Å². The number of halogens is 1. The second-order valence-corrected chi connectivity index (χ2v) is 5.12. The van der Waals surface area contributed by atoms with E-state index in [1.54, 1.807) is 6.20 Å². The average molecular weight is 329 g/mol. The van der Waals surface area contributed by atoms with Gasteiger partial charge in [-0.2, -0.15) is 9.90 Å². The summed E-state index contributed by atoms with van der Waals surface area (Å²) in [6.07, 6.45) is 1.56. The third-order valence-corrected chi connectivity index (χ3v) is 3.44.